The average Bonchev–Trinajstić information content (AvgIpc) is 2.19. The average molecular weight is 228 g/mol. The SMILES string of the molecule is CC(C)CC(CO)Cc1ccncc1Cl. The molecule has 0 radical (unpaired) electrons. The predicted octanol–water partition coefficient (Wildman–Crippen LogP) is 2.93. The van der Waals surface area contributed by atoms with Gasteiger partial charge in [0.2, 0.25) is 0 Å². The molecule has 0 bridgehead atoms. The number of nitrogens with zero attached hydrogens (tertiary/aromatic N) is 1. The van der Waals surface area contributed by atoms with Crippen molar-refractivity contribution >= 4 is 11.6 Å². The number of halogens is 1. The zero-order chi connectivity index (χ0) is 11.3. The van der Waals surface area contributed by atoms with E-state index in [1.54, 1.807) is 12.4 Å². The number of rotatable bonds is 5. The Balaban J connectivity index is 2.62. The summed E-state index contributed by atoms with van der Waals surface area (Å²) in [4.78, 5) is 3.94. The molecule has 0 spiro atoms. The third-order valence-corrected chi connectivity index (χ3v) is 2.77. The van der Waals surface area contributed by atoms with Crippen molar-refractivity contribution in [1.29, 1.82) is 0 Å². The Morgan fingerprint density at radius 3 is 2.73 bits per heavy atom. The van der Waals surface area contributed by atoms with Gasteiger partial charge in [0, 0.05) is 19.0 Å². The van der Waals surface area contributed by atoms with Crippen LogP contribution in [-0.2, 0) is 6.42 Å². The lowest BCUT2D eigenvalue weighted by atomic mass is 9.92. The molecule has 1 heterocycles. The van der Waals surface area contributed by atoms with Gasteiger partial charge < -0.3 is 5.11 Å². The Morgan fingerprint density at radius 2 is 2.20 bits per heavy atom. The maximum Gasteiger partial charge on any atom is 0.0621 e. The predicted molar refractivity (Wildman–Crippen MR) is 63.0 cm³/mol. The topological polar surface area (TPSA) is 33.1 Å². The maximum atomic E-state index is 9.27. The number of aliphatic hydroxyl groups excluding tert-OH is 1. The van der Waals surface area contributed by atoms with Gasteiger partial charge in [-0.05, 0) is 36.3 Å². The number of hydrogen-bond acceptors (Lipinski definition) is 2. The first-order valence-corrected chi connectivity index (χ1v) is 5.70. The van der Waals surface area contributed by atoms with E-state index in [2.05, 4.69) is 18.8 Å². The molecule has 1 N–H and O–H groups in total. The highest BCUT2D eigenvalue weighted by Crippen LogP contribution is 2.21. The van der Waals surface area contributed by atoms with Crippen molar-refractivity contribution in [2.24, 2.45) is 11.8 Å². The molecular formula is C12H18ClNO. The molecule has 0 amide bonds. The van der Waals surface area contributed by atoms with Crippen molar-refractivity contribution in [3.63, 3.8) is 0 Å². The van der Waals surface area contributed by atoms with E-state index < -0.39 is 0 Å². The van der Waals surface area contributed by atoms with Crippen LogP contribution in [0.4, 0.5) is 0 Å². The van der Waals surface area contributed by atoms with Crippen molar-refractivity contribution in [2.75, 3.05) is 6.61 Å². The highest BCUT2D eigenvalue weighted by Gasteiger charge is 2.12. The van der Waals surface area contributed by atoms with Gasteiger partial charge in [0.25, 0.3) is 0 Å². The van der Waals surface area contributed by atoms with Gasteiger partial charge in [0.05, 0.1) is 5.02 Å². The van der Waals surface area contributed by atoms with Gasteiger partial charge in [-0.3, -0.25) is 4.98 Å². The summed E-state index contributed by atoms with van der Waals surface area (Å²) in [5, 5.41) is 9.96. The minimum atomic E-state index is 0.219. The largest absolute Gasteiger partial charge is 0.396 e. The number of pyridine rings is 1. The van der Waals surface area contributed by atoms with Crippen LogP contribution in [0.1, 0.15) is 25.8 Å². The van der Waals surface area contributed by atoms with E-state index in [0.29, 0.717) is 16.9 Å². The van der Waals surface area contributed by atoms with E-state index >= 15 is 0 Å². The molecule has 3 heteroatoms. The van der Waals surface area contributed by atoms with E-state index in [1.165, 1.54) is 0 Å². The minimum Gasteiger partial charge on any atom is -0.396 e. The molecule has 0 saturated carbocycles. The summed E-state index contributed by atoms with van der Waals surface area (Å²) in [5.74, 6) is 0.896. The van der Waals surface area contributed by atoms with E-state index in [-0.39, 0.29) is 6.61 Å². The van der Waals surface area contributed by atoms with Gasteiger partial charge in [0.1, 0.15) is 0 Å². The van der Waals surface area contributed by atoms with E-state index in [0.717, 1.165) is 18.4 Å². The van der Waals surface area contributed by atoms with E-state index in [4.69, 9.17) is 11.6 Å². The van der Waals surface area contributed by atoms with Crippen LogP contribution in [0.25, 0.3) is 0 Å². The molecule has 0 aromatic carbocycles. The van der Waals surface area contributed by atoms with Gasteiger partial charge in [-0.25, -0.2) is 0 Å². The van der Waals surface area contributed by atoms with Crippen molar-refractivity contribution in [1.82, 2.24) is 4.98 Å². The van der Waals surface area contributed by atoms with E-state index in [9.17, 15) is 5.11 Å². The summed E-state index contributed by atoms with van der Waals surface area (Å²) < 4.78 is 0. The van der Waals surface area contributed by atoms with E-state index in [1.807, 2.05) is 6.07 Å². The highest BCUT2D eigenvalue weighted by atomic mass is 35.5. The first-order valence-electron chi connectivity index (χ1n) is 5.32. The fourth-order valence-corrected chi connectivity index (χ4v) is 1.97. The standard InChI is InChI=1S/C12H18ClNO/c1-9(2)5-10(8-15)6-11-3-4-14-7-12(11)13/h3-4,7,9-10,15H,5-6,8H2,1-2H3. The molecule has 0 aliphatic heterocycles. The molecular weight excluding hydrogens is 210 g/mol. The zero-order valence-electron chi connectivity index (χ0n) is 9.28. The number of aromatic nitrogens is 1. The molecule has 1 atom stereocenters. The fourth-order valence-electron chi connectivity index (χ4n) is 1.77. The summed E-state index contributed by atoms with van der Waals surface area (Å²) in [6, 6.07) is 1.92. The van der Waals surface area contributed by atoms with Crippen LogP contribution in [0.5, 0.6) is 0 Å². The summed E-state index contributed by atoms with van der Waals surface area (Å²) in [6.07, 6.45) is 5.25. The lowest BCUT2D eigenvalue weighted by Gasteiger charge is -2.16. The molecule has 1 aromatic rings. The molecule has 1 rings (SSSR count). The number of hydrogen-bond donors (Lipinski definition) is 1. The second kappa shape index (κ2) is 6.09. The maximum absolute atomic E-state index is 9.27. The normalized spacial score (nSPS) is 13.1. The van der Waals surface area contributed by atoms with Crippen LogP contribution in [0.3, 0.4) is 0 Å². The molecule has 0 saturated heterocycles. The zero-order valence-corrected chi connectivity index (χ0v) is 10.0. The first kappa shape index (κ1) is 12.5. The van der Waals surface area contributed by atoms with Crippen LogP contribution in [-0.4, -0.2) is 16.7 Å². The molecule has 84 valence electrons. The molecule has 15 heavy (non-hydrogen) atoms. The van der Waals surface area contributed by atoms with Gasteiger partial charge in [0.15, 0.2) is 0 Å². The molecule has 2 nitrogen and oxygen atoms in total. The molecule has 1 aromatic heterocycles. The summed E-state index contributed by atoms with van der Waals surface area (Å²) in [5.41, 5.74) is 1.08. The van der Waals surface area contributed by atoms with Crippen LogP contribution < -0.4 is 0 Å². The second-order valence-corrected chi connectivity index (χ2v) is 4.76. The van der Waals surface area contributed by atoms with Crippen molar-refractivity contribution in [3.05, 3.63) is 29.0 Å². The third-order valence-electron chi connectivity index (χ3n) is 2.43. The fraction of sp³-hybridized carbons (Fsp3) is 0.583. The lowest BCUT2D eigenvalue weighted by molar-refractivity contribution is 0.205. The Morgan fingerprint density at radius 1 is 1.47 bits per heavy atom. The summed E-state index contributed by atoms with van der Waals surface area (Å²) in [7, 11) is 0. The van der Waals surface area contributed by atoms with Crippen molar-refractivity contribution < 1.29 is 5.11 Å². The second-order valence-electron chi connectivity index (χ2n) is 4.35. The van der Waals surface area contributed by atoms with Crippen LogP contribution >= 0.6 is 11.6 Å². The summed E-state index contributed by atoms with van der Waals surface area (Å²) >= 11 is 6.02. The van der Waals surface area contributed by atoms with Gasteiger partial charge in [-0.15, -0.1) is 0 Å². The summed E-state index contributed by atoms with van der Waals surface area (Å²) in [6.45, 7) is 4.55. The number of aliphatic hydroxyl groups is 1. The Kier molecular flexibility index (Phi) is 5.06. The third kappa shape index (κ3) is 4.18. The molecule has 0 aliphatic carbocycles. The Labute approximate surface area is 96.3 Å². The van der Waals surface area contributed by atoms with Gasteiger partial charge in [-0.2, -0.15) is 0 Å². The molecule has 0 fully saturated rings. The lowest BCUT2D eigenvalue weighted by Crippen LogP contribution is -2.12. The smallest absolute Gasteiger partial charge is 0.0621 e. The molecule has 0 aliphatic rings. The van der Waals surface area contributed by atoms with Crippen LogP contribution in [0.15, 0.2) is 18.5 Å². The molecule has 1 unspecified atom stereocenters. The van der Waals surface area contributed by atoms with Crippen molar-refractivity contribution in [3.8, 4) is 0 Å². The quantitative estimate of drug-likeness (QED) is 0.839. The Bertz CT molecular complexity index is 301. The van der Waals surface area contributed by atoms with Gasteiger partial charge >= 0.3 is 0 Å². The van der Waals surface area contributed by atoms with Gasteiger partial charge in [-0.1, -0.05) is 25.4 Å². The van der Waals surface area contributed by atoms with Crippen molar-refractivity contribution in [2.45, 2.75) is 26.7 Å². The first-order chi connectivity index (χ1) is 7.13. The van der Waals surface area contributed by atoms with Crippen LogP contribution in [0.2, 0.25) is 5.02 Å². The minimum absolute atomic E-state index is 0.219. The Hall–Kier alpha value is -0.600. The van der Waals surface area contributed by atoms with Crippen LogP contribution in [0, 0.1) is 11.8 Å². The highest BCUT2D eigenvalue weighted by molar-refractivity contribution is 6.31. The monoisotopic (exact) mass is 227 g/mol.